The third-order valence-electron chi connectivity index (χ3n) is 3.43. The van der Waals surface area contributed by atoms with Crippen molar-refractivity contribution < 1.29 is 4.79 Å². The second-order valence-electron chi connectivity index (χ2n) is 5.45. The summed E-state index contributed by atoms with van der Waals surface area (Å²) in [6.07, 6.45) is 5.73. The fourth-order valence-corrected chi connectivity index (χ4v) is 4.38. The molecule has 1 amide bonds. The van der Waals surface area contributed by atoms with Crippen LogP contribution >= 0.6 is 35.5 Å². The van der Waals surface area contributed by atoms with Gasteiger partial charge in [-0.15, -0.1) is 22.6 Å². The first-order valence-electron chi connectivity index (χ1n) is 7.13. The van der Waals surface area contributed by atoms with Crippen LogP contribution in [-0.2, 0) is 4.79 Å². The highest BCUT2D eigenvalue weighted by molar-refractivity contribution is 8.01. The average molecular weight is 351 g/mol. The largest absolute Gasteiger partial charge is 0.320 e. The molecule has 1 atom stereocenters. The van der Waals surface area contributed by atoms with Gasteiger partial charge in [-0.2, -0.15) is 0 Å². The molecule has 21 heavy (non-hydrogen) atoms. The normalized spacial score (nSPS) is 17.3. The highest BCUT2D eigenvalue weighted by Crippen LogP contribution is 2.29. The second-order valence-corrected chi connectivity index (χ2v) is 8.25. The topological polar surface area (TPSA) is 80.9 Å². The van der Waals surface area contributed by atoms with Crippen LogP contribution in [0.3, 0.4) is 0 Å². The molecule has 0 aliphatic heterocycles. The number of anilines is 1. The molecule has 1 saturated carbocycles. The number of hydrogen-bond acceptors (Lipinski definition) is 6. The van der Waals surface area contributed by atoms with Crippen LogP contribution in [0, 0.1) is 5.92 Å². The van der Waals surface area contributed by atoms with E-state index in [1.54, 1.807) is 11.8 Å². The van der Waals surface area contributed by atoms with Gasteiger partial charge in [0, 0.05) is 5.25 Å². The van der Waals surface area contributed by atoms with Crippen LogP contribution in [-0.4, -0.2) is 27.4 Å². The van der Waals surface area contributed by atoms with Gasteiger partial charge >= 0.3 is 0 Å². The minimum atomic E-state index is -0.430. The van der Waals surface area contributed by atoms with Gasteiger partial charge in [0.25, 0.3) is 0 Å². The lowest BCUT2D eigenvalue weighted by atomic mass is 9.84. The lowest BCUT2D eigenvalue weighted by Crippen LogP contribution is -2.42. The smallest absolute Gasteiger partial charge is 0.243 e. The molecule has 120 valence electrons. The van der Waals surface area contributed by atoms with E-state index in [1.165, 1.54) is 30.6 Å². The van der Waals surface area contributed by atoms with E-state index in [2.05, 4.69) is 29.4 Å². The SMILES string of the molecule is CC(C)Sc1nnc(NC(=O)[C@@H](N)C2CCCCC2)s1.Cl. The van der Waals surface area contributed by atoms with E-state index in [0.29, 0.717) is 16.3 Å². The van der Waals surface area contributed by atoms with Crippen LogP contribution in [0.1, 0.15) is 46.0 Å². The Morgan fingerprint density at radius 3 is 2.62 bits per heavy atom. The first kappa shape index (κ1) is 18.7. The van der Waals surface area contributed by atoms with Gasteiger partial charge in [-0.3, -0.25) is 10.1 Å². The van der Waals surface area contributed by atoms with Gasteiger partial charge in [-0.25, -0.2) is 0 Å². The van der Waals surface area contributed by atoms with Gasteiger partial charge in [-0.05, 0) is 18.8 Å². The maximum absolute atomic E-state index is 12.1. The number of halogens is 1. The first-order valence-corrected chi connectivity index (χ1v) is 8.82. The van der Waals surface area contributed by atoms with Gasteiger partial charge in [-0.1, -0.05) is 56.2 Å². The van der Waals surface area contributed by atoms with E-state index in [9.17, 15) is 4.79 Å². The van der Waals surface area contributed by atoms with Gasteiger partial charge in [0.1, 0.15) is 0 Å². The Morgan fingerprint density at radius 1 is 1.33 bits per heavy atom. The Balaban J connectivity index is 0.00000220. The molecule has 0 unspecified atom stereocenters. The summed E-state index contributed by atoms with van der Waals surface area (Å²) in [4.78, 5) is 12.1. The van der Waals surface area contributed by atoms with Crippen molar-refractivity contribution in [3.63, 3.8) is 0 Å². The Hall–Kier alpha value is -0.370. The summed E-state index contributed by atoms with van der Waals surface area (Å²) >= 11 is 3.05. The molecule has 1 aliphatic rings. The summed E-state index contributed by atoms with van der Waals surface area (Å²) in [5.41, 5.74) is 6.07. The summed E-state index contributed by atoms with van der Waals surface area (Å²) in [6.45, 7) is 4.20. The Kier molecular flexibility index (Phi) is 7.94. The number of nitrogens with zero attached hydrogens (tertiary/aromatic N) is 2. The molecule has 2 rings (SSSR count). The van der Waals surface area contributed by atoms with Crippen molar-refractivity contribution in [1.29, 1.82) is 0 Å². The van der Waals surface area contributed by atoms with Crippen LogP contribution < -0.4 is 11.1 Å². The van der Waals surface area contributed by atoms with E-state index < -0.39 is 6.04 Å². The van der Waals surface area contributed by atoms with Gasteiger partial charge in [0.2, 0.25) is 11.0 Å². The number of nitrogens with two attached hydrogens (primary N) is 1. The van der Waals surface area contributed by atoms with Crippen LogP contribution in [0.2, 0.25) is 0 Å². The summed E-state index contributed by atoms with van der Waals surface area (Å²) in [5, 5.41) is 11.9. The number of aromatic nitrogens is 2. The molecule has 8 heteroatoms. The summed E-state index contributed by atoms with van der Waals surface area (Å²) in [7, 11) is 0. The molecule has 0 aromatic carbocycles. The van der Waals surface area contributed by atoms with Crippen LogP contribution in [0.25, 0.3) is 0 Å². The first-order chi connectivity index (χ1) is 9.56. The highest BCUT2D eigenvalue weighted by Gasteiger charge is 2.26. The van der Waals surface area contributed by atoms with Crippen molar-refractivity contribution in [1.82, 2.24) is 10.2 Å². The molecule has 1 aliphatic carbocycles. The lowest BCUT2D eigenvalue weighted by Gasteiger charge is -2.26. The predicted octanol–water partition coefficient (Wildman–Crippen LogP) is 3.31. The number of thioether (sulfide) groups is 1. The maximum Gasteiger partial charge on any atom is 0.243 e. The van der Waals surface area contributed by atoms with Crippen molar-refractivity contribution in [2.24, 2.45) is 11.7 Å². The Labute approximate surface area is 140 Å². The maximum atomic E-state index is 12.1. The third kappa shape index (κ3) is 5.73. The molecule has 1 aromatic rings. The molecular weight excluding hydrogens is 328 g/mol. The quantitative estimate of drug-likeness (QED) is 0.629. The molecule has 1 aromatic heterocycles. The van der Waals surface area contributed by atoms with Crippen molar-refractivity contribution in [2.45, 2.75) is 61.6 Å². The Bertz CT molecular complexity index is 449. The molecule has 0 radical (unpaired) electrons. The zero-order valence-corrected chi connectivity index (χ0v) is 14.8. The van der Waals surface area contributed by atoms with Gasteiger partial charge < -0.3 is 5.73 Å². The number of nitrogens with one attached hydrogen (secondary N) is 1. The van der Waals surface area contributed by atoms with Crippen LogP contribution in [0.5, 0.6) is 0 Å². The fraction of sp³-hybridized carbons (Fsp3) is 0.769. The third-order valence-corrected chi connectivity index (χ3v) is 5.36. The van der Waals surface area contributed by atoms with Gasteiger partial charge in [0.05, 0.1) is 6.04 Å². The van der Waals surface area contributed by atoms with E-state index >= 15 is 0 Å². The fourth-order valence-electron chi connectivity index (χ4n) is 2.41. The van der Waals surface area contributed by atoms with Gasteiger partial charge in [0.15, 0.2) is 4.34 Å². The molecule has 5 nitrogen and oxygen atoms in total. The molecular formula is C13H23ClN4OS2. The molecule has 1 heterocycles. The van der Waals surface area contributed by atoms with E-state index in [4.69, 9.17) is 5.73 Å². The Morgan fingerprint density at radius 2 is 2.00 bits per heavy atom. The van der Waals surface area contributed by atoms with Crippen molar-refractivity contribution in [2.75, 3.05) is 5.32 Å². The molecule has 0 spiro atoms. The average Bonchev–Trinajstić information content (AvgIpc) is 2.85. The van der Waals surface area contributed by atoms with Crippen LogP contribution in [0.15, 0.2) is 4.34 Å². The standard InChI is InChI=1S/C13H22N4OS2.ClH/c1-8(2)19-13-17-16-12(20-13)15-11(18)10(14)9-6-4-3-5-7-9;/h8-10H,3-7,14H2,1-2H3,(H,15,16,18);1H/t10-;/m0./s1. The van der Waals surface area contributed by atoms with E-state index in [1.807, 2.05) is 0 Å². The zero-order chi connectivity index (χ0) is 14.5. The van der Waals surface area contributed by atoms with Crippen molar-refractivity contribution >= 4 is 46.5 Å². The zero-order valence-electron chi connectivity index (χ0n) is 12.4. The lowest BCUT2D eigenvalue weighted by molar-refractivity contribution is -0.118. The number of carbonyl (C=O) groups is 1. The number of rotatable bonds is 5. The molecule has 0 saturated heterocycles. The molecule has 1 fully saturated rings. The summed E-state index contributed by atoms with van der Waals surface area (Å²) in [6, 6.07) is -0.430. The number of carbonyl (C=O) groups excluding carboxylic acids is 1. The summed E-state index contributed by atoms with van der Waals surface area (Å²) < 4.78 is 0.876. The number of amides is 1. The summed E-state index contributed by atoms with van der Waals surface area (Å²) in [5.74, 6) is 0.176. The highest BCUT2D eigenvalue weighted by atomic mass is 35.5. The number of hydrogen-bond donors (Lipinski definition) is 2. The van der Waals surface area contributed by atoms with E-state index in [0.717, 1.165) is 17.2 Å². The van der Waals surface area contributed by atoms with Crippen LogP contribution in [0.4, 0.5) is 5.13 Å². The van der Waals surface area contributed by atoms with Crippen molar-refractivity contribution in [3.8, 4) is 0 Å². The minimum absolute atomic E-state index is 0. The molecule has 0 bridgehead atoms. The van der Waals surface area contributed by atoms with E-state index in [-0.39, 0.29) is 18.3 Å². The second kappa shape index (κ2) is 8.92. The molecule has 3 N–H and O–H groups in total. The minimum Gasteiger partial charge on any atom is -0.320 e. The van der Waals surface area contributed by atoms with Crippen molar-refractivity contribution in [3.05, 3.63) is 0 Å². The monoisotopic (exact) mass is 350 g/mol. The predicted molar refractivity (Wildman–Crippen MR) is 91.3 cm³/mol.